The molecule has 3 heterocycles. The summed E-state index contributed by atoms with van der Waals surface area (Å²) < 4.78 is 11.3. The number of pyridine rings is 1. The number of carbonyl (C=O) groups excluding carboxylic acids is 1. The summed E-state index contributed by atoms with van der Waals surface area (Å²) >= 11 is 0. The smallest absolute Gasteiger partial charge is 0.323 e. The normalized spacial score (nSPS) is 26.1. The number of methoxy groups -OCH3 is 1. The summed E-state index contributed by atoms with van der Waals surface area (Å²) in [5.41, 5.74) is 2.83. The zero-order valence-electron chi connectivity index (χ0n) is 13.4. The summed E-state index contributed by atoms with van der Waals surface area (Å²) in [4.78, 5) is 16.5. The highest BCUT2D eigenvalue weighted by molar-refractivity contribution is 5.85. The van der Waals surface area contributed by atoms with Crippen LogP contribution in [0, 0.1) is 6.92 Å². The predicted octanol–water partition coefficient (Wildman–Crippen LogP) is 2.14. The summed E-state index contributed by atoms with van der Waals surface area (Å²) in [5, 5.41) is 4.40. The van der Waals surface area contributed by atoms with Crippen LogP contribution in [0.2, 0.25) is 0 Å². The molecule has 4 rings (SSSR count). The molecule has 1 aromatic carbocycles. The fourth-order valence-corrected chi connectivity index (χ4v) is 3.81. The van der Waals surface area contributed by atoms with E-state index in [1.165, 1.54) is 18.1 Å². The second kappa shape index (κ2) is 5.20. The molecule has 23 heavy (non-hydrogen) atoms. The molecule has 0 amide bonds. The van der Waals surface area contributed by atoms with Gasteiger partial charge in [-0.25, -0.2) is 4.98 Å². The molecular weight excluding hydrogens is 292 g/mol. The van der Waals surface area contributed by atoms with E-state index < -0.39 is 0 Å². The maximum atomic E-state index is 11.8. The quantitative estimate of drug-likeness (QED) is 0.818. The monoisotopic (exact) mass is 312 g/mol. The van der Waals surface area contributed by atoms with Crippen molar-refractivity contribution in [2.24, 2.45) is 0 Å². The van der Waals surface area contributed by atoms with Gasteiger partial charge in [0, 0.05) is 23.9 Å². The van der Waals surface area contributed by atoms with Crippen molar-refractivity contribution in [1.29, 1.82) is 0 Å². The number of nitrogens with zero attached hydrogens (tertiary/aromatic N) is 1. The van der Waals surface area contributed by atoms with Gasteiger partial charge in [0.05, 0.1) is 18.3 Å². The lowest BCUT2D eigenvalue weighted by molar-refractivity contribution is -0.143. The Morgan fingerprint density at radius 1 is 1.43 bits per heavy atom. The van der Waals surface area contributed by atoms with Gasteiger partial charge >= 0.3 is 5.97 Å². The van der Waals surface area contributed by atoms with Crippen molar-refractivity contribution >= 4 is 16.9 Å². The number of fused-ring (bicyclic) bond motifs is 3. The van der Waals surface area contributed by atoms with E-state index >= 15 is 0 Å². The third kappa shape index (κ3) is 2.27. The van der Waals surface area contributed by atoms with Crippen molar-refractivity contribution in [3.63, 3.8) is 0 Å². The first-order valence-electron chi connectivity index (χ1n) is 8.00. The second-order valence-corrected chi connectivity index (χ2v) is 6.47. The van der Waals surface area contributed by atoms with Crippen LogP contribution in [0.1, 0.15) is 24.1 Å². The number of carbonyl (C=O) groups is 1. The van der Waals surface area contributed by atoms with E-state index in [0.29, 0.717) is 13.0 Å². The Kier molecular flexibility index (Phi) is 3.27. The van der Waals surface area contributed by atoms with Crippen LogP contribution in [0.25, 0.3) is 10.9 Å². The van der Waals surface area contributed by atoms with E-state index in [0.717, 1.165) is 29.8 Å². The molecule has 1 N–H and O–H groups in total. The molecule has 2 aliphatic rings. The van der Waals surface area contributed by atoms with Crippen molar-refractivity contribution in [2.75, 3.05) is 13.7 Å². The second-order valence-electron chi connectivity index (χ2n) is 6.47. The first-order chi connectivity index (χ1) is 11.1. The van der Waals surface area contributed by atoms with Crippen LogP contribution in [0.3, 0.4) is 0 Å². The lowest BCUT2D eigenvalue weighted by Gasteiger charge is -2.36. The summed E-state index contributed by atoms with van der Waals surface area (Å²) in [6.07, 6.45) is 2.48. The van der Waals surface area contributed by atoms with Crippen molar-refractivity contribution in [3.05, 3.63) is 35.5 Å². The number of aryl methyl sites for hydroxylation is 2. The zero-order chi connectivity index (χ0) is 16.0. The number of nitrogens with one attached hydrogen (secondary N) is 1. The SMILES string of the molecule is COC(=O)[C@@H]1CC2(CCc3c(c(C)nc4ccccc34)O2)CN1. The van der Waals surface area contributed by atoms with Crippen LogP contribution in [0.4, 0.5) is 0 Å². The standard InChI is InChI=1S/C18H20N2O3/c1-11-16-13(12-5-3-4-6-14(12)20-11)7-8-18(23-16)9-15(19-10-18)17(21)22-2/h3-6,15,19H,7-10H2,1-2H3/t15-,18?/m0/s1. The summed E-state index contributed by atoms with van der Waals surface area (Å²) in [5.74, 6) is 0.673. The Morgan fingerprint density at radius 2 is 2.26 bits per heavy atom. The molecule has 2 atom stereocenters. The number of hydrogen-bond donors (Lipinski definition) is 1. The Bertz CT molecular complexity index is 789. The van der Waals surface area contributed by atoms with Gasteiger partial charge in [-0.05, 0) is 25.8 Å². The van der Waals surface area contributed by atoms with Crippen LogP contribution < -0.4 is 10.1 Å². The molecule has 0 aliphatic carbocycles. The van der Waals surface area contributed by atoms with E-state index in [4.69, 9.17) is 9.47 Å². The third-order valence-electron chi connectivity index (χ3n) is 5.00. The predicted molar refractivity (Wildman–Crippen MR) is 86.6 cm³/mol. The molecule has 2 aromatic rings. The summed E-state index contributed by atoms with van der Waals surface area (Å²) in [6.45, 7) is 2.66. The number of benzene rings is 1. The number of rotatable bonds is 1. The van der Waals surface area contributed by atoms with E-state index in [9.17, 15) is 4.79 Å². The van der Waals surface area contributed by atoms with E-state index in [2.05, 4.69) is 16.4 Å². The van der Waals surface area contributed by atoms with Crippen LogP contribution in [0.15, 0.2) is 24.3 Å². The van der Waals surface area contributed by atoms with Crippen LogP contribution >= 0.6 is 0 Å². The maximum Gasteiger partial charge on any atom is 0.323 e. The average molecular weight is 312 g/mol. The topological polar surface area (TPSA) is 60.5 Å². The van der Waals surface area contributed by atoms with Gasteiger partial charge in [0.15, 0.2) is 0 Å². The Labute approximate surface area is 135 Å². The minimum Gasteiger partial charge on any atom is -0.484 e. The molecule has 1 aromatic heterocycles. The molecular formula is C18H20N2O3. The van der Waals surface area contributed by atoms with Gasteiger partial charge in [-0.15, -0.1) is 0 Å². The van der Waals surface area contributed by atoms with Gasteiger partial charge in [0.2, 0.25) is 0 Å². The highest BCUT2D eigenvalue weighted by Gasteiger charge is 2.46. The molecule has 120 valence electrons. The molecule has 0 saturated carbocycles. The zero-order valence-corrected chi connectivity index (χ0v) is 13.4. The number of esters is 1. The molecule has 1 unspecified atom stereocenters. The van der Waals surface area contributed by atoms with Crippen molar-refractivity contribution in [1.82, 2.24) is 10.3 Å². The van der Waals surface area contributed by atoms with Crippen LogP contribution in [-0.2, 0) is 16.0 Å². The van der Waals surface area contributed by atoms with Gasteiger partial charge in [-0.3, -0.25) is 4.79 Å². The summed E-state index contributed by atoms with van der Waals surface area (Å²) in [7, 11) is 1.42. The van der Waals surface area contributed by atoms with Gasteiger partial charge in [-0.2, -0.15) is 0 Å². The number of para-hydroxylation sites is 1. The van der Waals surface area contributed by atoms with Gasteiger partial charge in [0.25, 0.3) is 0 Å². The summed E-state index contributed by atoms with van der Waals surface area (Å²) in [6, 6.07) is 7.90. The Hall–Kier alpha value is -2.14. The molecule has 0 radical (unpaired) electrons. The molecule has 2 aliphatic heterocycles. The average Bonchev–Trinajstić information content (AvgIpc) is 2.98. The number of hydrogen-bond acceptors (Lipinski definition) is 5. The van der Waals surface area contributed by atoms with Crippen molar-refractivity contribution in [3.8, 4) is 5.75 Å². The van der Waals surface area contributed by atoms with Crippen LogP contribution in [0.5, 0.6) is 5.75 Å². The number of aromatic nitrogens is 1. The molecule has 1 saturated heterocycles. The third-order valence-corrected chi connectivity index (χ3v) is 5.00. The molecule has 5 nitrogen and oxygen atoms in total. The molecule has 5 heteroatoms. The number of ether oxygens (including phenoxy) is 2. The van der Waals surface area contributed by atoms with Gasteiger partial charge in [-0.1, -0.05) is 18.2 Å². The molecule has 1 spiro atoms. The lowest BCUT2D eigenvalue weighted by atomic mass is 9.87. The Balaban J connectivity index is 1.70. The minimum atomic E-state index is -0.333. The Morgan fingerprint density at radius 3 is 3.09 bits per heavy atom. The minimum absolute atomic E-state index is 0.218. The fourth-order valence-electron chi connectivity index (χ4n) is 3.81. The van der Waals surface area contributed by atoms with Crippen molar-refractivity contribution in [2.45, 2.75) is 37.8 Å². The largest absolute Gasteiger partial charge is 0.484 e. The highest BCUT2D eigenvalue weighted by Crippen LogP contribution is 2.42. The first kappa shape index (κ1) is 14.5. The van der Waals surface area contributed by atoms with E-state index in [1.54, 1.807) is 0 Å². The molecule has 1 fully saturated rings. The van der Waals surface area contributed by atoms with E-state index in [1.807, 2.05) is 25.1 Å². The van der Waals surface area contributed by atoms with Crippen molar-refractivity contribution < 1.29 is 14.3 Å². The highest BCUT2D eigenvalue weighted by atomic mass is 16.5. The van der Waals surface area contributed by atoms with E-state index in [-0.39, 0.29) is 17.6 Å². The van der Waals surface area contributed by atoms with Crippen LogP contribution in [-0.4, -0.2) is 36.3 Å². The molecule has 0 bridgehead atoms. The lowest BCUT2D eigenvalue weighted by Crippen LogP contribution is -2.42. The van der Waals surface area contributed by atoms with Gasteiger partial charge < -0.3 is 14.8 Å². The van der Waals surface area contributed by atoms with Gasteiger partial charge in [0.1, 0.15) is 17.4 Å². The maximum absolute atomic E-state index is 11.8. The first-order valence-corrected chi connectivity index (χ1v) is 8.00. The fraction of sp³-hybridized carbons (Fsp3) is 0.444.